The Morgan fingerprint density at radius 3 is 2.59 bits per heavy atom. The van der Waals surface area contributed by atoms with Gasteiger partial charge in [-0.1, -0.05) is 27.7 Å². The molecule has 1 N–H and O–H groups in total. The van der Waals surface area contributed by atoms with Crippen LogP contribution in [0.4, 0.5) is 0 Å². The highest BCUT2D eigenvalue weighted by Gasteiger charge is 2.24. The zero-order valence-electron chi connectivity index (χ0n) is 12.0. The normalized spacial score (nSPS) is 13.9. The summed E-state index contributed by atoms with van der Waals surface area (Å²) in [7, 11) is 1.98. The average molecular weight is 237 g/mol. The molecule has 1 heterocycles. The van der Waals surface area contributed by atoms with Gasteiger partial charge in [0.25, 0.3) is 0 Å². The van der Waals surface area contributed by atoms with Crippen molar-refractivity contribution in [1.29, 1.82) is 0 Å². The second-order valence-electron chi connectivity index (χ2n) is 5.99. The van der Waals surface area contributed by atoms with E-state index in [0.29, 0.717) is 11.3 Å². The Kier molecular flexibility index (Phi) is 5.19. The fourth-order valence-electron chi connectivity index (χ4n) is 2.00. The molecule has 1 unspecified atom stereocenters. The highest BCUT2D eigenvalue weighted by molar-refractivity contribution is 5.06. The molecule has 1 rings (SSSR count). The highest BCUT2D eigenvalue weighted by Crippen LogP contribution is 2.28. The quantitative estimate of drug-likeness (QED) is 0.771. The van der Waals surface area contributed by atoms with Crippen molar-refractivity contribution in [3.63, 3.8) is 0 Å². The lowest BCUT2D eigenvalue weighted by Crippen LogP contribution is -2.33. The summed E-state index contributed by atoms with van der Waals surface area (Å²) in [5.41, 5.74) is 1.67. The summed E-state index contributed by atoms with van der Waals surface area (Å²) in [5.74, 6) is 0.651. The van der Waals surface area contributed by atoms with Crippen molar-refractivity contribution in [1.82, 2.24) is 15.1 Å². The molecule has 0 radical (unpaired) electrons. The summed E-state index contributed by atoms with van der Waals surface area (Å²) in [5, 5.41) is 7.79. The van der Waals surface area contributed by atoms with Gasteiger partial charge in [0.05, 0.1) is 6.20 Å². The molecule has 0 saturated carbocycles. The van der Waals surface area contributed by atoms with Gasteiger partial charge in [0, 0.05) is 13.2 Å². The minimum atomic E-state index is 0.330. The predicted molar refractivity (Wildman–Crippen MR) is 73.0 cm³/mol. The standard InChI is InChI=1S/C14H27N3/c1-6-7-15-10-13(14(2,3)4)8-12-9-16-17(5)11-12/h9,11,13,15H,6-8,10H2,1-5H3. The molecule has 17 heavy (non-hydrogen) atoms. The lowest BCUT2D eigenvalue weighted by molar-refractivity contribution is 0.231. The first kappa shape index (κ1) is 14.2. The summed E-state index contributed by atoms with van der Waals surface area (Å²) in [6, 6.07) is 0. The molecular weight excluding hydrogens is 210 g/mol. The summed E-state index contributed by atoms with van der Waals surface area (Å²) in [4.78, 5) is 0. The van der Waals surface area contributed by atoms with Crippen LogP contribution in [-0.4, -0.2) is 22.9 Å². The molecule has 98 valence electrons. The van der Waals surface area contributed by atoms with E-state index in [1.807, 2.05) is 17.9 Å². The van der Waals surface area contributed by atoms with Crippen LogP contribution < -0.4 is 5.32 Å². The van der Waals surface area contributed by atoms with Crippen molar-refractivity contribution in [2.45, 2.75) is 40.5 Å². The average Bonchev–Trinajstić information content (AvgIpc) is 2.61. The maximum absolute atomic E-state index is 4.24. The number of aromatic nitrogens is 2. The Morgan fingerprint density at radius 2 is 2.12 bits per heavy atom. The Hall–Kier alpha value is -0.830. The van der Waals surface area contributed by atoms with E-state index in [1.54, 1.807) is 0 Å². The maximum Gasteiger partial charge on any atom is 0.0521 e. The van der Waals surface area contributed by atoms with Crippen molar-refractivity contribution in [3.05, 3.63) is 18.0 Å². The van der Waals surface area contributed by atoms with Gasteiger partial charge in [-0.2, -0.15) is 5.10 Å². The molecule has 0 aromatic carbocycles. The van der Waals surface area contributed by atoms with Gasteiger partial charge in [-0.3, -0.25) is 4.68 Å². The minimum Gasteiger partial charge on any atom is -0.316 e. The molecule has 0 amide bonds. The zero-order chi connectivity index (χ0) is 12.9. The summed E-state index contributed by atoms with van der Waals surface area (Å²) >= 11 is 0. The number of aryl methyl sites for hydroxylation is 1. The van der Waals surface area contributed by atoms with Gasteiger partial charge < -0.3 is 5.32 Å². The van der Waals surface area contributed by atoms with Gasteiger partial charge in [0.15, 0.2) is 0 Å². The summed E-state index contributed by atoms with van der Waals surface area (Å²) < 4.78 is 1.88. The number of rotatable bonds is 6. The van der Waals surface area contributed by atoms with Crippen LogP contribution in [0.3, 0.4) is 0 Å². The molecule has 0 aliphatic carbocycles. The maximum atomic E-state index is 4.24. The second-order valence-corrected chi connectivity index (χ2v) is 5.99. The minimum absolute atomic E-state index is 0.330. The van der Waals surface area contributed by atoms with E-state index in [-0.39, 0.29) is 0 Å². The molecule has 0 fully saturated rings. The molecule has 1 aromatic rings. The number of hydrogen-bond acceptors (Lipinski definition) is 2. The van der Waals surface area contributed by atoms with E-state index in [4.69, 9.17) is 0 Å². The Morgan fingerprint density at radius 1 is 1.41 bits per heavy atom. The molecule has 1 aromatic heterocycles. The third kappa shape index (κ3) is 4.90. The van der Waals surface area contributed by atoms with Crippen LogP contribution in [0.15, 0.2) is 12.4 Å². The van der Waals surface area contributed by atoms with Crippen LogP contribution >= 0.6 is 0 Å². The van der Waals surface area contributed by atoms with E-state index in [2.05, 4.69) is 44.3 Å². The number of hydrogen-bond donors (Lipinski definition) is 1. The predicted octanol–water partition coefficient (Wildman–Crippen LogP) is 2.62. The number of nitrogens with zero attached hydrogens (tertiary/aromatic N) is 2. The lowest BCUT2D eigenvalue weighted by atomic mass is 9.77. The molecule has 0 saturated heterocycles. The highest BCUT2D eigenvalue weighted by atomic mass is 15.2. The van der Waals surface area contributed by atoms with Gasteiger partial charge in [-0.05, 0) is 42.8 Å². The monoisotopic (exact) mass is 237 g/mol. The smallest absolute Gasteiger partial charge is 0.0521 e. The van der Waals surface area contributed by atoms with Crippen LogP contribution in [0.25, 0.3) is 0 Å². The van der Waals surface area contributed by atoms with Crippen molar-refractivity contribution in [2.75, 3.05) is 13.1 Å². The third-order valence-electron chi connectivity index (χ3n) is 3.28. The van der Waals surface area contributed by atoms with Crippen LogP contribution in [0.1, 0.15) is 39.7 Å². The van der Waals surface area contributed by atoms with Crippen molar-refractivity contribution >= 4 is 0 Å². The Balaban J connectivity index is 2.57. The van der Waals surface area contributed by atoms with E-state index in [9.17, 15) is 0 Å². The van der Waals surface area contributed by atoms with E-state index in [0.717, 1.165) is 19.5 Å². The molecule has 3 heteroatoms. The SMILES string of the molecule is CCCNCC(Cc1cnn(C)c1)C(C)(C)C. The van der Waals surface area contributed by atoms with Gasteiger partial charge in [0.2, 0.25) is 0 Å². The summed E-state index contributed by atoms with van der Waals surface area (Å²) in [6.45, 7) is 11.4. The zero-order valence-corrected chi connectivity index (χ0v) is 12.0. The van der Waals surface area contributed by atoms with Gasteiger partial charge in [0.1, 0.15) is 0 Å². The molecular formula is C14H27N3. The van der Waals surface area contributed by atoms with E-state index < -0.39 is 0 Å². The second kappa shape index (κ2) is 6.20. The van der Waals surface area contributed by atoms with Gasteiger partial charge >= 0.3 is 0 Å². The van der Waals surface area contributed by atoms with E-state index in [1.165, 1.54) is 12.0 Å². The fourth-order valence-corrected chi connectivity index (χ4v) is 2.00. The first-order chi connectivity index (χ1) is 7.93. The number of nitrogens with one attached hydrogen (secondary N) is 1. The molecule has 0 spiro atoms. The first-order valence-electron chi connectivity index (χ1n) is 6.61. The van der Waals surface area contributed by atoms with Crippen LogP contribution in [0.5, 0.6) is 0 Å². The summed E-state index contributed by atoms with van der Waals surface area (Å²) in [6.07, 6.45) is 6.41. The van der Waals surface area contributed by atoms with Crippen LogP contribution in [0, 0.1) is 11.3 Å². The lowest BCUT2D eigenvalue weighted by Gasteiger charge is -2.30. The third-order valence-corrected chi connectivity index (χ3v) is 3.28. The van der Waals surface area contributed by atoms with Crippen molar-refractivity contribution in [3.8, 4) is 0 Å². The van der Waals surface area contributed by atoms with Gasteiger partial charge in [-0.15, -0.1) is 0 Å². The largest absolute Gasteiger partial charge is 0.316 e. The molecule has 1 atom stereocenters. The molecule has 0 bridgehead atoms. The molecule has 0 aliphatic rings. The Bertz CT molecular complexity index is 322. The first-order valence-corrected chi connectivity index (χ1v) is 6.61. The molecule has 0 aliphatic heterocycles. The van der Waals surface area contributed by atoms with E-state index >= 15 is 0 Å². The topological polar surface area (TPSA) is 29.9 Å². The van der Waals surface area contributed by atoms with Crippen LogP contribution in [-0.2, 0) is 13.5 Å². The fraction of sp³-hybridized carbons (Fsp3) is 0.786. The molecule has 3 nitrogen and oxygen atoms in total. The van der Waals surface area contributed by atoms with Gasteiger partial charge in [-0.25, -0.2) is 0 Å². The van der Waals surface area contributed by atoms with Crippen molar-refractivity contribution < 1.29 is 0 Å². The van der Waals surface area contributed by atoms with Crippen molar-refractivity contribution in [2.24, 2.45) is 18.4 Å². The van der Waals surface area contributed by atoms with Crippen LogP contribution in [0.2, 0.25) is 0 Å². The Labute approximate surface area is 106 Å².